The minimum atomic E-state index is -3.66. The van der Waals surface area contributed by atoms with Gasteiger partial charge in [-0.25, -0.2) is 22.7 Å². The van der Waals surface area contributed by atoms with Crippen LogP contribution < -0.4 is 4.90 Å². The number of fused-ring (bicyclic) bond motifs is 1. The van der Waals surface area contributed by atoms with Crippen molar-refractivity contribution in [1.82, 2.24) is 19.2 Å². The molecule has 0 unspecified atom stereocenters. The Labute approximate surface area is 183 Å². The van der Waals surface area contributed by atoms with Crippen molar-refractivity contribution < 1.29 is 13.2 Å². The van der Waals surface area contributed by atoms with E-state index in [0.717, 1.165) is 19.8 Å². The molecule has 2 aromatic heterocycles. The van der Waals surface area contributed by atoms with E-state index in [4.69, 9.17) is 11.6 Å². The zero-order chi connectivity index (χ0) is 21.5. The van der Waals surface area contributed by atoms with Gasteiger partial charge in [0.2, 0.25) is 10.0 Å². The summed E-state index contributed by atoms with van der Waals surface area (Å²) in [7, 11) is -0.762. The van der Waals surface area contributed by atoms with Crippen LogP contribution in [0.4, 0.5) is 5.13 Å². The fraction of sp³-hybridized carbons (Fsp3) is 0.316. The number of carbonyl (C=O) groups is 1. The Bertz CT molecular complexity index is 1170. The quantitative estimate of drug-likeness (QED) is 0.588. The molecule has 30 heavy (non-hydrogen) atoms. The first kappa shape index (κ1) is 21.0. The third-order valence-corrected chi connectivity index (χ3v) is 8.12. The summed E-state index contributed by atoms with van der Waals surface area (Å²) in [5, 5.41) is 1.12. The number of halogens is 1. The number of sulfonamides is 1. The third kappa shape index (κ3) is 3.87. The Hall–Kier alpha value is -2.27. The minimum absolute atomic E-state index is 0.0425. The molecule has 0 atom stereocenters. The molecular formula is C19H20ClN5O3S2. The summed E-state index contributed by atoms with van der Waals surface area (Å²) in [5.74, 6) is -0.276. The van der Waals surface area contributed by atoms with E-state index >= 15 is 0 Å². The van der Waals surface area contributed by atoms with Crippen molar-refractivity contribution >= 4 is 54.3 Å². The Morgan fingerprint density at radius 2 is 1.90 bits per heavy atom. The van der Waals surface area contributed by atoms with E-state index in [1.807, 2.05) is 12.1 Å². The molecule has 0 saturated carbocycles. The first-order chi connectivity index (χ1) is 14.3. The topological polar surface area (TPSA) is 86.7 Å². The van der Waals surface area contributed by atoms with Gasteiger partial charge in [0, 0.05) is 46.5 Å². The molecule has 1 aliphatic heterocycles. The predicted molar refractivity (Wildman–Crippen MR) is 118 cm³/mol. The number of hydrogen-bond donors (Lipinski definition) is 0. The molecule has 4 rings (SSSR count). The van der Waals surface area contributed by atoms with Gasteiger partial charge in [0.15, 0.2) is 5.13 Å². The smallest absolute Gasteiger partial charge is 0.255 e. The number of hydrogen-bond acceptors (Lipinski definition) is 7. The van der Waals surface area contributed by atoms with Crippen molar-refractivity contribution in [1.29, 1.82) is 0 Å². The third-order valence-electron chi connectivity index (χ3n) is 4.94. The number of carbonyl (C=O) groups excluding carboxylic acids is 1. The molecule has 0 spiro atoms. The number of piperazine rings is 1. The maximum atomic E-state index is 13.0. The van der Waals surface area contributed by atoms with Crippen LogP contribution in [0.1, 0.15) is 10.4 Å². The first-order valence-corrected chi connectivity index (χ1v) is 11.9. The molecule has 0 N–H and O–H groups in total. The summed E-state index contributed by atoms with van der Waals surface area (Å²) < 4.78 is 25.9. The van der Waals surface area contributed by atoms with Gasteiger partial charge in [0.1, 0.15) is 10.3 Å². The summed E-state index contributed by atoms with van der Waals surface area (Å²) in [6.07, 6.45) is 1.75. The molecule has 158 valence electrons. The van der Waals surface area contributed by atoms with Crippen molar-refractivity contribution in [2.45, 2.75) is 4.90 Å². The lowest BCUT2D eigenvalue weighted by Crippen LogP contribution is -2.48. The van der Waals surface area contributed by atoms with Gasteiger partial charge in [0.05, 0.1) is 15.5 Å². The first-order valence-electron chi connectivity index (χ1n) is 9.25. The number of benzene rings is 1. The minimum Gasteiger partial charge on any atom is -0.344 e. The summed E-state index contributed by atoms with van der Waals surface area (Å²) in [5.41, 5.74) is 1.05. The maximum absolute atomic E-state index is 13.0. The zero-order valence-corrected chi connectivity index (χ0v) is 18.8. The normalized spacial score (nSPS) is 15.2. The standard InChI is InChI=1S/C19H20ClN5O3S2/c1-23(2)30(27,28)13-5-6-15(20)14(12-13)18(26)24-8-10-25(11-9-24)19-22-16-4-3-7-21-17(16)29-19/h3-7,12H,8-11H2,1-2H3. The van der Waals surface area contributed by atoms with Crippen LogP contribution in [0, 0.1) is 0 Å². The van der Waals surface area contributed by atoms with Gasteiger partial charge in [-0.1, -0.05) is 22.9 Å². The zero-order valence-electron chi connectivity index (χ0n) is 16.4. The molecule has 1 aromatic carbocycles. The van der Waals surface area contributed by atoms with Crippen LogP contribution in [0.5, 0.6) is 0 Å². The monoisotopic (exact) mass is 465 g/mol. The van der Waals surface area contributed by atoms with Crippen molar-refractivity contribution in [2.75, 3.05) is 45.2 Å². The van der Waals surface area contributed by atoms with Crippen LogP contribution in [-0.4, -0.2) is 73.8 Å². The second kappa shape index (κ2) is 8.10. The number of amides is 1. The highest BCUT2D eigenvalue weighted by atomic mass is 35.5. The number of anilines is 1. The second-order valence-corrected chi connectivity index (χ2v) is 10.5. The number of aromatic nitrogens is 2. The van der Waals surface area contributed by atoms with Crippen molar-refractivity contribution in [3.63, 3.8) is 0 Å². The van der Waals surface area contributed by atoms with E-state index < -0.39 is 10.0 Å². The Morgan fingerprint density at radius 1 is 1.17 bits per heavy atom. The van der Waals surface area contributed by atoms with E-state index in [-0.39, 0.29) is 21.4 Å². The SMILES string of the molecule is CN(C)S(=O)(=O)c1ccc(Cl)c(C(=O)N2CCN(c3nc4cccnc4s3)CC2)c1. The van der Waals surface area contributed by atoms with E-state index in [1.165, 1.54) is 43.6 Å². The summed E-state index contributed by atoms with van der Waals surface area (Å²) >= 11 is 7.76. The average molecular weight is 466 g/mol. The lowest BCUT2D eigenvalue weighted by molar-refractivity contribution is 0.0746. The molecule has 3 heterocycles. The van der Waals surface area contributed by atoms with Crippen LogP contribution in [0.2, 0.25) is 5.02 Å². The van der Waals surface area contributed by atoms with E-state index in [2.05, 4.69) is 14.9 Å². The summed E-state index contributed by atoms with van der Waals surface area (Å²) in [4.78, 5) is 26.7. The molecular weight excluding hydrogens is 446 g/mol. The predicted octanol–water partition coefficient (Wildman–Crippen LogP) is 2.56. The molecule has 11 heteroatoms. The lowest BCUT2D eigenvalue weighted by Gasteiger charge is -2.34. The van der Waals surface area contributed by atoms with E-state index in [0.29, 0.717) is 26.2 Å². The van der Waals surface area contributed by atoms with Gasteiger partial charge in [-0.2, -0.15) is 0 Å². The van der Waals surface area contributed by atoms with Gasteiger partial charge >= 0.3 is 0 Å². The van der Waals surface area contributed by atoms with Gasteiger partial charge in [-0.3, -0.25) is 4.79 Å². The van der Waals surface area contributed by atoms with Gasteiger partial charge < -0.3 is 9.80 Å². The fourth-order valence-electron chi connectivity index (χ4n) is 3.20. The Morgan fingerprint density at radius 3 is 2.57 bits per heavy atom. The van der Waals surface area contributed by atoms with Crippen LogP contribution in [-0.2, 0) is 10.0 Å². The molecule has 0 radical (unpaired) electrons. The van der Waals surface area contributed by atoms with Crippen LogP contribution >= 0.6 is 22.9 Å². The average Bonchev–Trinajstić information content (AvgIpc) is 3.18. The number of rotatable bonds is 4. The second-order valence-electron chi connectivity index (χ2n) is 7.03. The highest BCUT2D eigenvalue weighted by molar-refractivity contribution is 7.89. The fourth-order valence-corrected chi connectivity index (χ4v) is 5.29. The Balaban J connectivity index is 1.50. The molecule has 0 aliphatic carbocycles. The number of pyridine rings is 1. The Kier molecular flexibility index (Phi) is 5.67. The van der Waals surface area contributed by atoms with Gasteiger partial charge in [-0.05, 0) is 30.3 Å². The molecule has 1 fully saturated rings. The number of thiazole rings is 1. The number of nitrogens with zero attached hydrogens (tertiary/aromatic N) is 5. The van der Waals surface area contributed by atoms with Crippen LogP contribution in [0.15, 0.2) is 41.4 Å². The van der Waals surface area contributed by atoms with Crippen molar-refractivity contribution in [3.8, 4) is 0 Å². The molecule has 1 saturated heterocycles. The van der Waals surface area contributed by atoms with E-state index in [1.54, 1.807) is 11.1 Å². The summed E-state index contributed by atoms with van der Waals surface area (Å²) in [6, 6.07) is 8.00. The lowest BCUT2D eigenvalue weighted by atomic mass is 10.2. The van der Waals surface area contributed by atoms with Gasteiger partial charge in [0.25, 0.3) is 5.91 Å². The maximum Gasteiger partial charge on any atom is 0.255 e. The molecule has 8 nitrogen and oxygen atoms in total. The van der Waals surface area contributed by atoms with Crippen molar-refractivity contribution in [3.05, 3.63) is 47.1 Å². The van der Waals surface area contributed by atoms with E-state index in [9.17, 15) is 13.2 Å². The van der Waals surface area contributed by atoms with Crippen LogP contribution in [0.25, 0.3) is 10.3 Å². The molecule has 3 aromatic rings. The largest absolute Gasteiger partial charge is 0.344 e. The van der Waals surface area contributed by atoms with Crippen LogP contribution in [0.3, 0.4) is 0 Å². The molecule has 0 bridgehead atoms. The summed E-state index contributed by atoms with van der Waals surface area (Å²) in [6.45, 7) is 2.23. The highest BCUT2D eigenvalue weighted by Crippen LogP contribution is 2.28. The van der Waals surface area contributed by atoms with Gasteiger partial charge in [-0.15, -0.1) is 0 Å². The molecule has 1 aliphatic rings. The molecule has 1 amide bonds. The highest BCUT2D eigenvalue weighted by Gasteiger charge is 2.27. The van der Waals surface area contributed by atoms with Crippen molar-refractivity contribution in [2.24, 2.45) is 0 Å².